The Kier molecular flexibility index (Phi) is 5.25. The lowest BCUT2D eigenvalue weighted by Gasteiger charge is -2.62. The molecule has 0 aromatic rings. The van der Waals surface area contributed by atoms with Crippen LogP contribution >= 0.6 is 0 Å². The monoisotopic (exact) mass is 456 g/mol. The Balaban J connectivity index is 1.04. The lowest BCUT2D eigenvalue weighted by molar-refractivity contribution is -0.226. The molecule has 2 atom stereocenters. The minimum Gasteiger partial charge on any atom is -0.455 e. The fourth-order valence-electron chi connectivity index (χ4n) is 9.63. The molecule has 0 aliphatic heterocycles. The average molecular weight is 457 g/mol. The molecule has 5 heteroatoms. The Morgan fingerprint density at radius 2 is 1.48 bits per heavy atom. The molecule has 0 radical (unpaired) electrons. The van der Waals surface area contributed by atoms with Crippen molar-refractivity contribution < 1.29 is 23.8 Å². The first-order chi connectivity index (χ1) is 15.8. The van der Waals surface area contributed by atoms with Crippen molar-refractivity contribution in [2.75, 3.05) is 13.4 Å². The summed E-state index contributed by atoms with van der Waals surface area (Å²) in [5.41, 5.74) is -0.472. The fourth-order valence-corrected chi connectivity index (χ4v) is 9.63. The number of hydrogen-bond donors (Lipinski definition) is 0. The second-order valence-corrected chi connectivity index (χ2v) is 13.0. The SMILES string of the molecule is C=C(C)C(=O)OC1(C)C2CC3CC1CC(C(=O)OCOCC1C4CC5CC(C4)CC1C5)(C3)C2. The van der Waals surface area contributed by atoms with E-state index in [4.69, 9.17) is 14.2 Å². The zero-order valence-corrected chi connectivity index (χ0v) is 20.4. The zero-order chi connectivity index (χ0) is 23.0. The Hall–Kier alpha value is -1.36. The van der Waals surface area contributed by atoms with E-state index in [9.17, 15) is 9.59 Å². The second kappa shape index (κ2) is 7.83. The van der Waals surface area contributed by atoms with E-state index >= 15 is 0 Å². The summed E-state index contributed by atoms with van der Waals surface area (Å²) in [4.78, 5) is 25.6. The van der Waals surface area contributed by atoms with Gasteiger partial charge in [-0.05, 0) is 114 Å². The number of hydrogen-bond acceptors (Lipinski definition) is 5. The van der Waals surface area contributed by atoms with Crippen LogP contribution in [0.25, 0.3) is 0 Å². The van der Waals surface area contributed by atoms with Gasteiger partial charge in [0.15, 0.2) is 6.79 Å². The second-order valence-electron chi connectivity index (χ2n) is 13.0. The highest BCUT2D eigenvalue weighted by atomic mass is 16.7. The van der Waals surface area contributed by atoms with Gasteiger partial charge >= 0.3 is 11.9 Å². The molecule has 0 aromatic heterocycles. The summed E-state index contributed by atoms with van der Waals surface area (Å²) in [5.74, 6) is 4.85. The summed E-state index contributed by atoms with van der Waals surface area (Å²) in [6.45, 7) is 8.36. The van der Waals surface area contributed by atoms with Crippen molar-refractivity contribution in [3.8, 4) is 0 Å². The van der Waals surface area contributed by atoms with Crippen LogP contribution in [0, 0.1) is 52.8 Å². The topological polar surface area (TPSA) is 61.8 Å². The van der Waals surface area contributed by atoms with E-state index in [0.29, 0.717) is 17.4 Å². The predicted molar refractivity (Wildman–Crippen MR) is 123 cm³/mol. The summed E-state index contributed by atoms with van der Waals surface area (Å²) in [6.07, 6.45) is 11.5. The van der Waals surface area contributed by atoms with Crippen molar-refractivity contribution in [2.45, 2.75) is 83.7 Å². The number of rotatable bonds is 7. The van der Waals surface area contributed by atoms with Crippen LogP contribution < -0.4 is 0 Å². The minimum atomic E-state index is -0.493. The van der Waals surface area contributed by atoms with Crippen LogP contribution in [-0.2, 0) is 23.8 Å². The van der Waals surface area contributed by atoms with Crippen LogP contribution in [0.15, 0.2) is 12.2 Å². The molecule has 5 nitrogen and oxygen atoms in total. The van der Waals surface area contributed by atoms with Gasteiger partial charge in [0.25, 0.3) is 0 Å². The van der Waals surface area contributed by atoms with Gasteiger partial charge in [-0.3, -0.25) is 4.79 Å². The summed E-state index contributed by atoms with van der Waals surface area (Å²) in [5, 5.41) is 0. The molecule has 8 rings (SSSR count). The highest BCUT2D eigenvalue weighted by Gasteiger charge is 2.65. The molecule has 8 bridgehead atoms. The first-order valence-corrected chi connectivity index (χ1v) is 13.4. The van der Waals surface area contributed by atoms with Crippen LogP contribution in [0.5, 0.6) is 0 Å². The molecule has 0 heterocycles. The maximum absolute atomic E-state index is 13.3. The summed E-state index contributed by atoms with van der Waals surface area (Å²) < 4.78 is 17.8. The van der Waals surface area contributed by atoms with Gasteiger partial charge < -0.3 is 14.2 Å². The molecular formula is C28H40O5. The highest BCUT2D eigenvalue weighted by Crippen LogP contribution is 2.65. The van der Waals surface area contributed by atoms with E-state index in [0.717, 1.165) is 62.4 Å². The van der Waals surface area contributed by atoms with Crippen LogP contribution in [0.1, 0.15) is 78.1 Å². The molecule has 0 aromatic carbocycles. The van der Waals surface area contributed by atoms with Gasteiger partial charge in [0.05, 0.1) is 12.0 Å². The average Bonchev–Trinajstić information content (AvgIpc) is 2.75. The zero-order valence-electron chi connectivity index (χ0n) is 20.4. The van der Waals surface area contributed by atoms with Gasteiger partial charge in [-0.15, -0.1) is 0 Å². The molecule has 8 fully saturated rings. The van der Waals surface area contributed by atoms with Crippen LogP contribution in [0.2, 0.25) is 0 Å². The third-order valence-electron chi connectivity index (χ3n) is 10.9. The van der Waals surface area contributed by atoms with E-state index in [-0.39, 0.29) is 30.6 Å². The summed E-state index contributed by atoms with van der Waals surface area (Å²) in [6, 6.07) is 0. The molecule has 2 unspecified atom stereocenters. The first kappa shape index (κ1) is 22.1. The van der Waals surface area contributed by atoms with Crippen molar-refractivity contribution in [2.24, 2.45) is 52.8 Å². The molecule has 8 aliphatic rings. The molecule has 0 amide bonds. The van der Waals surface area contributed by atoms with Gasteiger partial charge in [0.1, 0.15) is 5.60 Å². The molecule has 0 saturated heterocycles. The number of carbonyl (C=O) groups is 2. The van der Waals surface area contributed by atoms with Crippen molar-refractivity contribution in [3.05, 3.63) is 12.2 Å². The number of esters is 2. The van der Waals surface area contributed by atoms with Crippen LogP contribution in [0.4, 0.5) is 0 Å². The van der Waals surface area contributed by atoms with Gasteiger partial charge in [-0.25, -0.2) is 4.79 Å². The van der Waals surface area contributed by atoms with Crippen molar-refractivity contribution in [1.29, 1.82) is 0 Å². The summed E-state index contributed by atoms with van der Waals surface area (Å²) in [7, 11) is 0. The Morgan fingerprint density at radius 3 is 2.06 bits per heavy atom. The van der Waals surface area contributed by atoms with E-state index in [1.165, 1.54) is 32.1 Å². The third-order valence-corrected chi connectivity index (χ3v) is 10.9. The largest absolute Gasteiger partial charge is 0.455 e. The van der Waals surface area contributed by atoms with E-state index in [2.05, 4.69) is 13.5 Å². The van der Waals surface area contributed by atoms with Gasteiger partial charge in [0, 0.05) is 17.4 Å². The predicted octanol–water partition coefficient (Wildman–Crippen LogP) is 5.28. The van der Waals surface area contributed by atoms with E-state index in [1.807, 2.05) is 0 Å². The quantitative estimate of drug-likeness (QED) is 0.226. The van der Waals surface area contributed by atoms with Crippen molar-refractivity contribution in [1.82, 2.24) is 0 Å². The minimum absolute atomic E-state index is 0.0831. The smallest absolute Gasteiger partial charge is 0.333 e. The molecule has 0 N–H and O–H groups in total. The lowest BCUT2D eigenvalue weighted by Crippen LogP contribution is -2.63. The Bertz CT molecular complexity index is 801. The third kappa shape index (κ3) is 3.59. The molecule has 8 saturated carbocycles. The van der Waals surface area contributed by atoms with E-state index in [1.54, 1.807) is 6.92 Å². The van der Waals surface area contributed by atoms with Gasteiger partial charge in [-0.2, -0.15) is 0 Å². The first-order valence-electron chi connectivity index (χ1n) is 13.4. The Morgan fingerprint density at radius 1 is 0.879 bits per heavy atom. The number of carbonyl (C=O) groups excluding carboxylic acids is 2. The maximum Gasteiger partial charge on any atom is 0.333 e. The number of ether oxygens (including phenoxy) is 3. The normalized spacial score (nSPS) is 48.7. The fraction of sp³-hybridized carbons (Fsp3) is 0.857. The van der Waals surface area contributed by atoms with Crippen molar-refractivity contribution in [3.63, 3.8) is 0 Å². The molecule has 8 aliphatic carbocycles. The van der Waals surface area contributed by atoms with Gasteiger partial charge in [-0.1, -0.05) is 6.58 Å². The van der Waals surface area contributed by atoms with E-state index < -0.39 is 11.0 Å². The van der Waals surface area contributed by atoms with Crippen LogP contribution in [0.3, 0.4) is 0 Å². The maximum atomic E-state index is 13.3. The van der Waals surface area contributed by atoms with Gasteiger partial charge in [0.2, 0.25) is 0 Å². The molecule has 0 spiro atoms. The standard InChI is InChI=1S/C28H40O5/c1-16(2)25(29)33-27(3)22-9-19-10-23(27)13-28(11-19,12-22)26(30)32-15-31-14-24-20-5-17-4-18(7-20)8-21(24)6-17/h17-24H,1,4-15H2,2-3H3. The molecule has 33 heavy (non-hydrogen) atoms. The molecule has 182 valence electrons. The van der Waals surface area contributed by atoms with Crippen molar-refractivity contribution >= 4 is 11.9 Å². The summed E-state index contributed by atoms with van der Waals surface area (Å²) >= 11 is 0. The lowest BCUT2D eigenvalue weighted by atomic mass is 9.45. The molecular weight excluding hydrogens is 416 g/mol. The Labute approximate surface area is 198 Å². The highest BCUT2D eigenvalue weighted by molar-refractivity contribution is 5.87. The van der Waals surface area contributed by atoms with Crippen LogP contribution in [-0.4, -0.2) is 30.9 Å².